The summed E-state index contributed by atoms with van der Waals surface area (Å²) in [5.41, 5.74) is 7.24. The standard InChI is InChI=1S/C26H22F2N6O2S/c1-2-20(35)32-7-8-33-13(12-32)5-6-34-23-15(26(33)36)9-19(28)21(17(23)11-31-34)14-3-4-18(27)24-22(14)16(10-29)25(30)37-24/h2-4,9,11,13,20,35H,1,5-8,12,30H2. The highest BCUT2D eigenvalue weighted by Crippen LogP contribution is 2.44. The summed E-state index contributed by atoms with van der Waals surface area (Å²) >= 11 is 0.945. The molecule has 1 amide bonds. The molecular formula is C26H22F2N6O2S. The summed E-state index contributed by atoms with van der Waals surface area (Å²) < 4.78 is 32.4. The molecule has 188 valence electrons. The minimum absolute atomic E-state index is 0.0955. The van der Waals surface area contributed by atoms with Crippen molar-refractivity contribution in [2.45, 2.75) is 25.2 Å². The number of carbonyl (C=O) groups excluding carboxylic acids is 1. The maximum atomic E-state index is 15.9. The van der Waals surface area contributed by atoms with Crippen LogP contribution in [0.5, 0.6) is 0 Å². The number of anilines is 1. The van der Waals surface area contributed by atoms with E-state index in [0.717, 1.165) is 11.3 Å². The van der Waals surface area contributed by atoms with Gasteiger partial charge in [-0.1, -0.05) is 12.6 Å². The third-order valence-corrected chi connectivity index (χ3v) is 8.36. The fraction of sp³-hybridized carbons (Fsp3) is 0.269. The predicted molar refractivity (Wildman–Crippen MR) is 137 cm³/mol. The number of aryl methyl sites for hydroxylation is 1. The smallest absolute Gasteiger partial charge is 0.256 e. The van der Waals surface area contributed by atoms with Crippen LogP contribution in [0.2, 0.25) is 0 Å². The van der Waals surface area contributed by atoms with Gasteiger partial charge in [0.15, 0.2) is 0 Å². The second kappa shape index (κ2) is 8.62. The molecule has 2 aromatic carbocycles. The highest BCUT2D eigenvalue weighted by molar-refractivity contribution is 7.23. The van der Waals surface area contributed by atoms with Crippen LogP contribution in [0.3, 0.4) is 0 Å². The van der Waals surface area contributed by atoms with E-state index in [0.29, 0.717) is 49.1 Å². The molecule has 0 saturated carbocycles. The Morgan fingerprint density at radius 1 is 1.27 bits per heavy atom. The lowest BCUT2D eigenvalue weighted by atomic mass is 9.93. The SMILES string of the molecule is C=CC(O)N1CCN2C(=O)c3cc(F)c(-c4ccc(F)c5sc(N)c(C#N)c45)c4cnn(c34)CCC2C1. The predicted octanol–water partition coefficient (Wildman–Crippen LogP) is 3.68. The molecule has 4 heterocycles. The van der Waals surface area contributed by atoms with E-state index in [-0.39, 0.29) is 43.7 Å². The van der Waals surface area contributed by atoms with Crippen molar-refractivity contribution in [1.29, 1.82) is 5.26 Å². The lowest BCUT2D eigenvalue weighted by Crippen LogP contribution is -2.57. The van der Waals surface area contributed by atoms with Crippen molar-refractivity contribution < 1.29 is 18.7 Å². The Morgan fingerprint density at radius 3 is 2.84 bits per heavy atom. The van der Waals surface area contributed by atoms with Crippen molar-refractivity contribution >= 4 is 43.2 Å². The molecule has 0 radical (unpaired) electrons. The van der Waals surface area contributed by atoms with Crippen molar-refractivity contribution in [3.05, 3.63) is 59.8 Å². The number of fused-ring (bicyclic) bond motifs is 2. The summed E-state index contributed by atoms with van der Waals surface area (Å²) in [4.78, 5) is 17.3. The minimum Gasteiger partial charge on any atom is -0.389 e. The van der Waals surface area contributed by atoms with Gasteiger partial charge in [0.25, 0.3) is 5.91 Å². The molecule has 2 atom stereocenters. The maximum absolute atomic E-state index is 15.9. The average Bonchev–Trinajstić information content (AvgIpc) is 3.47. The molecule has 1 saturated heterocycles. The molecule has 0 spiro atoms. The van der Waals surface area contributed by atoms with Crippen molar-refractivity contribution in [1.82, 2.24) is 19.6 Å². The summed E-state index contributed by atoms with van der Waals surface area (Å²) in [6.07, 6.45) is 2.76. The van der Waals surface area contributed by atoms with Gasteiger partial charge in [0.1, 0.15) is 28.9 Å². The van der Waals surface area contributed by atoms with Crippen LogP contribution >= 0.6 is 11.3 Å². The second-order valence-electron chi connectivity index (χ2n) is 9.25. The first kappa shape index (κ1) is 23.5. The topological polar surface area (TPSA) is 111 Å². The van der Waals surface area contributed by atoms with Gasteiger partial charge in [-0.15, -0.1) is 11.3 Å². The molecule has 2 aromatic heterocycles. The van der Waals surface area contributed by atoms with E-state index in [1.54, 1.807) is 9.58 Å². The van der Waals surface area contributed by atoms with Gasteiger partial charge in [0.05, 0.1) is 27.5 Å². The second-order valence-corrected chi connectivity index (χ2v) is 10.3. The number of aliphatic hydroxyl groups excluding tert-OH is 1. The number of aromatic nitrogens is 2. The zero-order valence-corrected chi connectivity index (χ0v) is 20.4. The van der Waals surface area contributed by atoms with E-state index in [1.165, 1.54) is 30.5 Å². The summed E-state index contributed by atoms with van der Waals surface area (Å²) in [5.74, 6) is -1.52. The van der Waals surface area contributed by atoms with Gasteiger partial charge in [-0.25, -0.2) is 8.78 Å². The van der Waals surface area contributed by atoms with Crippen molar-refractivity contribution in [2.24, 2.45) is 0 Å². The highest BCUT2D eigenvalue weighted by Gasteiger charge is 2.36. The van der Waals surface area contributed by atoms with Crippen LogP contribution in [0, 0.1) is 23.0 Å². The Balaban J connectivity index is 1.53. The monoisotopic (exact) mass is 520 g/mol. The first-order chi connectivity index (χ1) is 17.8. The Kier molecular flexibility index (Phi) is 5.49. The number of halogens is 2. The van der Waals surface area contributed by atoms with Crippen molar-refractivity contribution in [3.63, 3.8) is 0 Å². The van der Waals surface area contributed by atoms with E-state index in [2.05, 4.69) is 11.7 Å². The van der Waals surface area contributed by atoms with E-state index in [4.69, 9.17) is 5.73 Å². The molecule has 4 aromatic rings. The van der Waals surface area contributed by atoms with Gasteiger partial charge in [-0.3, -0.25) is 14.4 Å². The third kappa shape index (κ3) is 3.44. The van der Waals surface area contributed by atoms with Crippen LogP contribution in [0.25, 0.3) is 32.1 Å². The number of carbonyl (C=O) groups is 1. The number of amides is 1. The van der Waals surface area contributed by atoms with E-state index in [1.807, 2.05) is 11.0 Å². The molecule has 8 nitrogen and oxygen atoms in total. The van der Waals surface area contributed by atoms with Crippen molar-refractivity contribution in [2.75, 3.05) is 25.4 Å². The number of aliphatic hydroxyl groups is 1. The van der Waals surface area contributed by atoms with Gasteiger partial charge >= 0.3 is 0 Å². The van der Waals surface area contributed by atoms with E-state index >= 15 is 4.39 Å². The summed E-state index contributed by atoms with van der Waals surface area (Å²) in [6, 6.07) is 5.71. The van der Waals surface area contributed by atoms with Crippen LogP contribution in [0.15, 0.2) is 37.1 Å². The zero-order chi connectivity index (χ0) is 26.0. The number of hydrogen-bond donors (Lipinski definition) is 2. The van der Waals surface area contributed by atoms with Crippen LogP contribution in [0.4, 0.5) is 13.8 Å². The van der Waals surface area contributed by atoms with Gasteiger partial charge in [-0.05, 0) is 30.2 Å². The fourth-order valence-electron chi connectivity index (χ4n) is 5.57. The minimum atomic E-state index is -0.802. The normalized spacial score (nSPS) is 18.9. The van der Waals surface area contributed by atoms with Gasteiger partial charge < -0.3 is 15.7 Å². The quantitative estimate of drug-likeness (QED) is 0.399. The van der Waals surface area contributed by atoms with Gasteiger partial charge in [0.2, 0.25) is 0 Å². The summed E-state index contributed by atoms with van der Waals surface area (Å²) in [7, 11) is 0. The lowest BCUT2D eigenvalue weighted by Gasteiger charge is -2.43. The summed E-state index contributed by atoms with van der Waals surface area (Å²) in [5, 5.41) is 25.2. The Morgan fingerprint density at radius 2 is 2.08 bits per heavy atom. The highest BCUT2D eigenvalue weighted by atomic mass is 32.1. The molecule has 2 aliphatic heterocycles. The molecule has 2 unspecified atom stereocenters. The molecular weight excluding hydrogens is 498 g/mol. The lowest BCUT2D eigenvalue weighted by molar-refractivity contribution is -0.0168. The number of nitrogens with zero attached hydrogens (tertiary/aromatic N) is 5. The molecule has 11 heteroatoms. The average molecular weight is 521 g/mol. The number of nitrogen functional groups attached to an aromatic ring is 1. The van der Waals surface area contributed by atoms with Crippen LogP contribution in [-0.4, -0.2) is 62.5 Å². The Labute approximate surface area is 214 Å². The van der Waals surface area contributed by atoms with Crippen LogP contribution in [0.1, 0.15) is 22.3 Å². The van der Waals surface area contributed by atoms with Gasteiger partial charge in [-0.2, -0.15) is 10.4 Å². The van der Waals surface area contributed by atoms with Crippen LogP contribution < -0.4 is 5.73 Å². The maximum Gasteiger partial charge on any atom is 0.256 e. The molecule has 6 rings (SSSR count). The number of benzene rings is 2. The molecule has 0 bridgehead atoms. The number of nitriles is 1. The number of thiophene rings is 1. The number of rotatable bonds is 3. The Bertz CT molecular complexity index is 1650. The summed E-state index contributed by atoms with van der Waals surface area (Å²) in [6.45, 7) is 5.42. The van der Waals surface area contributed by atoms with E-state index < -0.39 is 17.9 Å². The molecule has 37 heavy (non-hydrogen) atoms. The van der Waals surface area contributed by atoms with Crippen molar-refractivity contribution in [3.8, 4) is 17.2 Å². The molecule has 2 aliphatic rings. The number of nitrogens with two attached hydrogens (primary N) is 1. The number of hydrogen-bond acceptors (Lipinski definition) is 7. The van der Waals surface area contributed by atoms with Gasteiger partial charge in [0, 0.05) is 48.6 Å². The molecule has 0 aliphatic carbocycles. The van der Waals surface area contributed by atoms with E-state index in [9.17, 15) is 19.6 Å². The first-order valence-corrected chi connectivity index (χ1v) is 12.6. The molecule has 1 fully saturated rings. The third-order valence-electron chi connectivity index (χ3n) is 7.34. The number of piperazine rings is 1. The Hall–Kier alpha value is -3.85. The molecule has 3 N–H and O–H groups in total. The van der Waals surface area contributed by atoms with Crippen LogP contribution in [-0.2, 0) is 6.54 Å². The zero-order valence-electron chi connectivity index (χ0n) is 19.6. The largest absolute Gasteiger partial charge is 0.389 e. The fourth-order valence-corrected chi connectivity index (χ4v) is 6.52. The first-order valence-electron chi connectivity index (χ1n) is 11.8.